The average Bonchev–Trinajstić information content (AvgIpc) is 2.18. The van der Waals surface area contributed by atoms with Gasteiger partial charge in [-0.3, -0.25) is 0 Å². The number of phenols is 1. The highest BCUT2D eigenvalue weighted by Gasteiger charge is 2.19. The Morgan fingerprint density at radius 2 is 2.07 bits per heavy atom. The highest BCUT2D eigenvalue weighted by molar-refractivity contribution is 5.47. The zero-order valence-electron chi connectivity index (χ0n) is 8.42. The summed E-state index contributed by atoms with van der Waals surface area (Å²) in [5.41, 5.74) is -0.276. The summed E-state index contributed by atoms with van der Waals surface area (Å²) in [5.74, 6) is -2.89. The van der Waals surface area contributed by atoms with Gasteiger partial charge in [0.2, 0.25) is 0 Å². The lowest BCUT2D eigenvalue weighted by Crippen LogP contribution is -2.08. The normalized spacial score (nSPS) is 12.6. The molecule has 0 aliphatic heterocycles. The van der Waals surface area contributed by atoms with Crippen LogP contribution >= 0.6 is 0 Å². The number of hydrogen-bond donors (Lipinski definition) is 2. The molecule has 0 amide bonds. The van der Waals surface area contributed by atoms with Crippen LogP contribution < -0.4 is 4.74 Å². The first kappa shape index (κ1) is 11.7. The molecule has 0 radical (unpaired) electrons. The van der Waals surface area contributed by atoms with E-state index in [1.807, 2.05) is 0 Å². The van der Waals surface area contributed by atoms with Gasteiger partial charge in [0, 0.05) is 18.1 Å². The van der Waals surface area contributed by atoms with Gasteiger partial charge in [-0.25, -0.2) is 8.78 Å². The third kappa shape index (κ3) is 2.36. The highest BCUT2D eigenvalue weighted by atomic mass is 19.2. The van der Waals surface area contributed by atoms with Crippen LogP contribution in [0.25, 0.3) is 0 Å². The van der Waals surface area contributed by atoms with E-state index < -0.39 is 23.5 Å². The van der Waals surface area contributed by atoms with Gasteiger partial charge in [0.1, 0.15) is 0 Å². The molecule has 0 spiro atoms. The monoisotopic (exact) mass is 218 g/mol. The third-order valence-corrected chi connectivity index (χ3v) is 1.97. The molecule has 1 atom stereocenters. The zero-order chi connectivity index (χ0) is 11.6. The van der Waals surface area contributed by atoms with Crippen molar-refractivity contribution in [3.8, 4) is 11.5 Å². The zero-order valence-corrected chi connectivity index (χ0v) is 8.42. The van der Waals surface area contributed by atoms with Crippen LogP contribution in [0.4, 0.5) is 8.78 Å². The first-order chi connectivity index (χ1) is 6.97. The molecule has 0 aromatic heterocycles. The van der Waals surface area contributed by atoms with Gasteiger partial charge in [-0.2, -0.15) is 0 Å². The molecule has 15 heavy (non-hydrogen) atoms. The largest absolute Gasteiger partial charge is 0.504 e. The Labute approximate surface area is 85.9 Å². The molecule has 3 nitrogen and oxygen atoms in total. The average molecular weight is 218 g/mol. The Bertz CT molecular complexity index is 364. The molecule has 1 aromatic carbocycles. The predicted octanol–water partition coefficient (Wildman–Crippen LogP) is 1.60. The molecule has 0 bridgehead atoms. The molecule has 1 rings (SSSR count). The molecule has 2 N–H and O–H groups in total. The fourth-order valence-electron chi connectivity index (χ4n) is 1.28. The fourth-order valence-corrected chi connectivity index (χ4v) is 1.28. The first-order valence-electron chi connectivity index (χ1n) is 4.39. The van der Waals surface area contributed by atoms with E-state index in [0.29, 0.717) is 0 Å². The van der Waals surface area contributed by atoms with E-state index in [2.05, 4.69) is 4.74 Å². The maximum Gasteiger partial charge on any atom is 0.166 e. The van der Waals surface area contributed by atoms with Crippen LogP contribution in [0.15, 0.2) is 6.07 Å². The van der Waals surface area contributed by atoms with E-state index in [9.17, 15) is 13.9 Å². The maximum absolute atomic E-state index is 13.2. The summed E-state index contributed by atoms with van der Waals surface area (Å²) in [4.78, 5) is 0. The summed E-state index contributed by atoms with van der Waals surface area (Å²) in [6.45, 7) is 1.41. The molecule has 1 unspecified atom stereocenters. The van der Waals surface area contributed by atoms with Crippen LogP contribution in [0.1, 0.15) is 12.5 Å². The summed E-state index contributed by atoms with van der Waals surface area (Å²) < 4.78 is 30.9. The maximum atomic E-state index is 13.2. The van der Waals surface area contributed by atoms with Gasteiger partial charge in [0.25, 0.3) is 0 Å². The van der Waals surface area contributed by atoms with Crippen molar-refractivity contribution in [3.05, 3.63) is 23.3 Å². The third-order valence-electron chi connectivity index (χ3n) is 1.97. The van der Waals surface area contributed by atoms with E-state index in [0.717, 1.165) is 6.07 Å². The minimum absolute atomic E-state index is 0.149. The van der Waals surface area contributed by atoms with E-state index in [1.54, 1.807) is 0 Å². The quantitative estimate of drug-likeness (QED) is 0.810. The number of aromatic hydroxyl groups is 1. The lowest BCUT2D eigenvalue weighted by Gasteiger charge is -2.12. The van der Waals surface area contributed by atoms with Crippen molar-refractivity contribution in [3.63, 3.8) is 0 Å². The summed E-state index contributed by atoms with van der Waals surface area (Å²) >= 11 is 0. The van der Waals surface area contributed by atoms with Crippen molar-refractivity contribution < 1.29 is 23.7 Å². The van der Waals surface area contributed by atoms with E-state index in [-0.39, 0.29) is 17.7 Å². The molecule has 0 aliphatic rings. The molecule has 0 fully saturated rings. The number of halogens is 2. The molecular formula is C10H12F2O3. The molecule has 1 aromatic rings. The number of hydrogen-bond acceptors (Lipinski definition) is 3. The second kappa shape index (κ2) is 4.44. The van der Waals surface area contributed by atoms with E-state index in [1.165, 1.54) is 14.0 Å². The molecular weight excluding hydrogens is 206 g/mol. The lowest BCUT2D eigenvalue weighted by molar-refractivity contribution is 0.192. The SMILES string of the molecule is COc1cc(F)c(F)c(CC(C)O)c1O. The van der Waals surface area contributed by atoms with Gasteiger partial charge in [0.05, 0.1) is 13.2 Å². The Morgan fingerprint density at radius 3 is 2.53 bits per heavy atom. The standard InChI is InChI=1S/C10H12F2O3/c1-5(13)3-6-9(12)7(11)4-8(15-2)10(6)14/h4-5,13-14H,3H2,1-2H3. The van der Waals surface area contributed by atoms with Crippen molar-refractivity contribution in [1.82, 2.24) is 0 Å². The van der Waals surface area contributed by atoms with Crippen LogP contribution in [0.2, 0.25) is 0 Å². The highest BCUT2D eigenvalue weighted by Crippen LogP contribution is 2.34. The van der Waals surface area contributed by atoms with Gasteiger partial charge in [-0.15, -0.1) is 0 Å². The van der Waals surface area contributed by atoms with Crippen molar-refractivity contribution in [1.29, 1.82) is 0 Å². The van der Waals surface area contributed by atoms with Crippen molar-refractivity contribution in [2.24, 2.45) is 0 Å². The molecule has 0 heterocycles. The minimum atomic E-state index is -1.16. The molecule has 5 heteroatoms. The lowest BCUT2D eigenvalue weighted by atomic mass is 10.1. The minimum Gasteiger partial charge on any atom is -0.504 e. The van der Waals surface area contributed by atoms with E-state index in [4.69, 9.17) is 5.11 Å². The number of rotatable bonds is 3. The summed E-state index contributed by atoms with van der Waals surface area (Å²) in [6.07, 6.45) is -1.05. The van der Waals surface area contributed by atoms with Gasteiger partial charge in [-0.1, -0.05) is 0 Å². The summed E-state index contributed by atoms with van der Waals surface area (Å²) in [7, 11) is 1.23. The molecule has 0 saturated carbocycles. The molecule has 0 saturated heterocycles. The smallest absolute Gasteiger partial charge is 0.166 e. The van der Waals surface area contributed by atoms with Crippen LogP contribution in [-0.4, -0.2) is 23.4 Å². The molecule has 0 aliphatic carbocycles. The van der Waals surface area contributed by atoms with Crippen LogP contribution in [0.5, 0.6) is 11.5 Å². The second-order valence-corrected chi connectivity index (χ2v) is 3.25. The summed E-state index contributed by atoms with van der Waals surface area (Å²) in [5, 5.41) is 18.6. The number of ether oxygens (including phenoxy) is 1. The topological polar surface area (TPSA) is 49.7 Å². The Morgan fingerprint density at radius 1 is 1.47 bits per heavy atom. The predicted molar refractivity (Wildman–Crippen MR) is 50.0 cm³/mol. The van der Waals surface area contributed by atoms with Gasteiger partial charge in [-0.05, 0) is 6.92 Å². The second-order valence-electron chi connectivity index (χ2n) is 3.25. The Kier molecular flexibility index (Phi) is 3.47. The fraction of sp³-hybridized carbons (Fsp3) is 0.400. The molecule has 84 valence electrons. The van der Waals surface area contributed by atoms with Crippen molar-refractivity contribution in [2.75, 3.05) is 7.11 Å². The summed E-state index contributed by atoms with van der Waals surface area (Å²) in [6, 6.07) is 0.760. The Balaban J connectivity index is 3.27. The first-order valence-corrected chi connectivity index (χ1v) is 4.39. The Hall–Kier alpha value is -1.36. The number of aliphatic hydroxyl groups excluding tert-OH is 1. The van der Waals surface area contributed by atoms with Crippen LogP contribution in [0, 0.1) is 11.6 Å². The van der Waals surface area contributed by atoms with Gasteiger partial charge in [0.15, 0.2) is 23.1 Å². The van der Waals surface area contributed by atoms with Crippen molar-refractivity contribution in [2.45, 2.75) is 19.4 Å². The van der Waals surface area contributed by atoms with Crippen molar-refractivity contribution >= 4 is 0 Å². The number of phenolic OH excluding ortho intramolecular Hbond substituents is 1. The van der Waals surface area contributed by atoms with Gasteiger partial charge < -0.3 is 14.9 Å². The number of benzene rings is 1. The van der Waals surface area contributed by atoms with Crippen LogP contribution in [-0.2, 0) is 6.42 Å². The van der Waals surface area contributed by atoms with E-state index >= 15 is 0 Å². The number of aliphatic hydroxyl groups is 1. The van der Waals surface area contributed by atoms with Gasteiger partial charge >= 0.3 is 0 Å². The van der Waals surface area contributed by atoms with Crippen LogP contribution in [0.3, 0.4) is 0 Å². The number of methoxy groups -OCH3 is 1.